The Kier molecular flexibility index (Phi) is 7.88. The monoisotopic (exact) mass is 566 g/mol. The maximum Gasteiger partial charge on any atom is 0.417 e. The van der Waals surface area contributed by atoms with Gasteiger partial charge in [-0.2, -0.15) is 13.2 Å². The zero-order valence-corrected chi connectivity index (χ0v) is 23.2. The van der Waals surface area contributed by atoms with E-state index in [0.717, 1.165) is 6.07 Å². The minimum atomic E-state index is -4.56. The minimum Gasteiger partial charge on any atom is -0.383 e. The molecular weight excluding hydrogens is 540 g/mol. The number of amides is 1. The number of pyridine rings is 4. The first-order valence-corrected chi connectivity index (χ1v) is 15.8. The summed E-state index contributed by atoms with van der Waals surface area (Å²) in [6, 6.07) is 7.09. The van der Waals surface area contributed by atoms with Crippen molar-refractivity contribution >= 4 is 30.8 Å². The number of nitrogens with two attached hydrogens (primary N) is 1. The van der Waals surface area contributed by atoms with Crippen LogP contribution in [0.2, 0.25) is 19.6 Å². The van der Waals surface area contributed by atoms with Crippen molar-refractivity contribution in [3.8, 4) is 11.5 Å². The molecule has 4 rings (SSSR count). The summed E-state index contributed by atoms with van der Waals surface area (Å²) < 4.78 is 53.7. The van der Waals surface area contributed by atoms with Crippen molar-refractivity contribution in [3.63, 3.8) is 0 Å². The average Bonchev–Trinajstić information content (AvgIpc) is 2.89. The van der Waals surface area contributed by atoms with E-state index in [1.165, 1.54) is 35.5 Å². The molecule has 1 amide bonds. The molecule has 40 heavy (non-hydrogen) atoms. The Hall–Kier alpha value is -4.37. The third-order valence-electron chi connectivity index (χ3n) is 5.91. The Morgan fingerprint density at radius 2 is 1.85 bits per heavy atom. The molecule has 7 nitrogen and oxygen atoms in total. The summed E-state index contributed by atoms with van der Waals surface area (Å²) >= 11 is 0. The molecule has 0 radical (unpaired) electrons. The van der Waals surface area contributed by atoms with Gasteiger partial charge in [-0.3, -0.25) is 14.8 Å². The first-order valence-electron chi connectivity index (χ1n) is 12.3. The quantitative estimate of drug-likeness (QED) is 0.187. The fourth-order valence-corrected chi connectivity index (χ4v) is 4.32. The highest BCUT2D eigenvalue weighted by atomic mass is 28.3. The lowest BCUT2D eigenvalue weighted by atomic mass is 10.1. The number of nitrogens with zero attached hydrogens (tertiary/aromatic N) is 5. The van der Waals surface area contributed by atoms with Gasteiger partial charge in [-0.05, 0) is 43.3 Å². The fraction of sp³-hybridized carbons (Fsp3) is 0.250. The standard InChI is InChI=1S/C28H26F4N6OSi/c1-17(24-23(29)6-5-10-34-24)38(16-22-8-7-21(15-35-22)28(30,31)32)27(39)20-13-19-12-18(9-11-40(2,3)4)25(33)37-26(19)36-14-20/h5-8,10,12-15,17H,16H2,1-4H3,(H2,33,36,37). The molecule has 0 saturated carbocycles. The van der Waals surface area contributed by atoms with Gasteiger partial charge in [0.25, 0.3) is 5.91 Å². The second-order valence-corrected chi connectivity index (χ2v) is 15.0. The van der Waals surface area contributed by atoms with E-state index in [0.29, 0.717) is 22.8 Å². The van der Waals surface area contributed by atoms with Crippen molar-refractivity contribution < 1.29 is 22.4 Å². The number of carbonyl (C=O) groups excluding carboxylic acids is 1. The van der Waals surface area contributed by atoms with Crippen molar-refractivity contribution in [2.24, 2.45) is 0 Å². The van der Waals surface area contributed by atoms with Gasteiger partial charge in [0.2, 0.25) is 0 Å². The van der Waals surface area contributed by atoms with E-state index >= 15 is 0 Å². The molecule has 4 aromatic heterocycles. The summed E-state index contributed by atoms with van der Waals surface area (Å²) in [7, 11) is -1.70. The molecule has 0 aromatic carbocycles. The number of anilines is 1. The molecule has 0 aliphatic rings. The Balaban J connectivity index is 1.75. The highest BCUT2D eigenvalue weighted by Gasteiger charge is 2.31. The lowest BCUT2D eigenvalue weighted by Gasteiger charge is -2.29. The summed E-state index contributed by atoms with van der Waals surface area (Å²) in [5.74, 6) is 2.11. The Labute approximate surface area is 229 Å². The summed E-state index contributed by atoms with van der Waals surface area (Å²) in [4.78, 5) is 31.7. The minimum absolute atomic E-state index is 0.00476. The van der Waals surface area contributed by atoms with E-state index in [4.69, 9.17) is 5.73 Å². The topological polar surface area (TPSA) is 97.9 Å². The third-order valence-corrected chi connectivity index (χ3v) is 6.79. The summed E-state index contributed by atoms with van der Waals surface area (Å²) in [5.41, 5.74) is 9.53. The maximum atomic E-state index is 14.7. The van der Waals surface area contributed by atoms with Gasteiger partial charge in [0, 0.05) is 24.0 Å². The van der Waals surface area contributed by atoms with Gasteiger partial charge in [0.1, 0.15) is 19.7 Å². The Morgan fingerprint density at radius 3 is 2.48 bits per heavy atom. The van der Waals surface area contributed by atoms with Crippen molar-refractivity contribution in [1.29, 1.82) is 0 Å². The van der Waals surface area contributed by atoms with Gasteiger partial charge in [-0.25, -0.2) is 14.4 Å². The molecule has 4 aromatic rings. The summed E-state index contributed by atoms with van der Waals surface area (Å²) in [6.07, 6.45) is -1.15. The highest BCUT2D eigenvalue weighted by Crippen LogP contribution is 2.30. The largest absolute Gasteiger partial charge is 0.417 e. The molecule has 12 heteroatoms. The van der Waals surface area contributed by atoms with Gasteiger partial charge >= 0.3 is 6.18 Å². The number of nitrogen functional groups attached to an aromatic ring is 1. The number of hydrogen-bond donors (Lipinski definition) is 1. The zero-order chi connectivity index (χ0) is 29.2. The number of alkyl halides is 3. The number of aromatic nitrogens is 4. The number of fused-ring (bicyclic) bond motifs is 1. The molecule has 0 spiro atoms. The number of hydrogen-bond acceptors (Lipinski definition) is 6. The zero-order valence-electron chi connectivity index (χ0n) is 22.2. The Morgan fingerprint density at radius 1 is 1.10 bits per heavy atom. The van der Waals surface area contributed by atoms with Crippen LogP contribution in [-0.4, -0.2) is 38.8 Å². The predicted molar refractivity (Wildman–Crippen MR) is 146 cm³/mol. The van der Waals surface area contributed by atoms with Crippen LogP contribution in [0.15, 0.2) is 55.0 Å². The lowest BCUT2D eigenvalue weighted by molar-refractivity contribution is -0.137. The molecule has 4 heterocycles. The van der Waals surface area contributed by atoms with Crippen LogP contribution in [0.3, 0.4) is 0 Å². The molecule has 1 atom stereocenters. The number of carbonyl (C=O) groups is 1. The second kappa shape index (κ2) is 11.0. The Bertz CT molecular complexity index is 1620. The van der Waals surface area contributed by atoms with Crippen LogP contribution < -0.4 is 5.73 Å². The smallest absolute Gasteiger partial charge is 0.383 e. The maximum absolute atomic E-state index is 14.7. The van der Waals surface area contributed by atoms with E-state index in [1.54, 1.807) is 19.1 Å². The molecular formula is C28H26F4N6OSi. The average molecular weight is 567 g/mol. The van der Waals surface area contributed by atoms with Gasteiger partial charge in [-0.15, -0.1) is 5.54 Å². The van der Waals surface area contributed by atoms with E-state index in [1.807, 2.05) is 0 Å². The van der Waals surface area contributed by atoms with Crippen molar-refractivity contribution in [3.05, 3.63) is 88.9 Å². The van der Waals surface area contributed by atoms with Crippen LogP contribution in [0.1, 0.15) is 45.8 Å². The molecule has 206 valence electrons. The fourth-order valence-electron chi connectivity index (χ4n) is 3.81. The van der Waals surface area contributed by atoms with Gasteiger partial charge < -0.3 is 10.6 Å². The van der Waals surface area contributed by atoms with Crippen LogP contribution in [0.5, 0.6) is 0 Å². The van der Waals surface area contributed by atoms with Crippen LogP contribution in [-0.2, 0) is 12.7 Å². The molecule has 0 aliphatic heterocycles. The number of rotatable bonds is 5. The van der Waals surface area contributed by atoms with Crippen LogP contribution in [0.4, 0.5) is 23.4 Å². The van der Waals surface area contributed by atoms with E-state index in [2.05, 4.69) is 51.0 Å². The second-order valence-electron chi connectivity index (χ2n) is 10.2. The molecule has 1 unspecified atom stereocenters. The van der Waals surface area contributed by atoms with Crippen LogP contribution in [0, 0.1) is 17.3 Å². The molecule has 0 fully saturated rings. The van der Waals surface area contributed by atoms with Crippen molar-refractivity contribution in [2.45, 2.75) is 45.3 Å². The SMILES string of the molecule is CC(c1ncccc1F)N(Cc1ccc(C(F)(F)F)cn1)C(=O)c1cnc2nc(N)c(C#C[Si](C)(C)C)cc2c1. The van der Waals surface area contributed by atoms with E-state index in [-0.39, 0.29) is 29.3 Å². The predicted octanol–water partition coefficient (Wildman–Crippen LogP) is 5.79. The summed E-state index contributed by atoms with van der Waals surface area (Å²) in [5, 5.41) is 0.518. The van der Waals surface area contributed by atoms with Gasteiger partial charge in [-0.1, -0.05) is 25.6 Å². The first kappa shape index (κ1) is 28.6. The molecule has 2 N–H and O–H groups in total. The van der Waals surface area contributed by atoms with Crippen molar-refractivity contribution in [2.75, 3.05) is 5.73 Å². The molecule has 0 bridgehead atoms. The third kappa shape index (κ3) is 6.60. The van der Waals surface area contributed by atoms with Gasteiger partial charge in [0.05, 0.1) is 40.7 Å². The van der Waals surface area contributed by atoms with E-state index in [9.17, 15) is 22.4 Å². The molecule has 0 aliphatic carbocycles. The normalized spacial score (nSPS) is 12.5. The molecule has 0 saturated heterocycles. The first-order chi connectivity index (χ1) is 18.7. The van der Waals surface area contributed by atoms with Crippen LogP contribution in [0.25, 0.3) is 11.0 Å². The van der Waals surface area contributed by atoms with E-state index < -0.39 is 37.6 Å². The van der Waals surface area contributed by atoms with Crippen molar-refractivity contribution in [1.82, 2.24) is 24.8 Å². The number of halogens is 4. The van der Waals surface area contributed by atoms with Crippen LogP contribution >= 0.6 is 0 Å². The summed E-state index contributed by atoms with van der Waals surface area (Å²) in [6.45, 7) is 7.64. The highest BCUT2D eigenvalue weighted by molar-refractivity contribution is 6.83. The van der Waals surface area contributed by atoms with Gasteiger partial charge in [0.15, 0.2) is 5.65 Å². The lowest BCUT2D eigenvalue weighted by Crippen LogP contribution is -2.34.